The lowest BCUT2D eigenvalue weighted by molar-refractivity contribution is -0.143. The fourth-order valence-corrected chi connectivity index (χ4v) is 2.83. The summed E-state index contributed by atoms with van der Waals surface area (Å²) in [4.78, 5) is 22.2. The number of ether oxygens (including phenoxy) is 1. The zero-order chi connectivity index (χ0) is 16.0. The van der Waals surface area contributed by atoms with Crippen molar-refractivity contribution < 1.29 is 22.7 Å². The van der Waals surface area contributed by atoms with E-state index in [0.717, 1.165) is 0 Å². The van der Waals surface area contributed by atoms with Gasteiger partial charge in [-0.15, -0.1) is 0 Å². The maximum Gasteiger partial charge on any atom is 0.305 e. The van der Waals surface area contributed by atoms with E-state index in [9.17, 15) is 18.0 Å². The minimum atomic E-state index is -3.74. The highest BCUT2D eigenvalue weighted by atomic mass is 32.2. The smallest absolute Gasteiger partial charge is 0.305 e. The average Bonchev–Trinajstić information content (AvgIpc) is 2.78. The monoisotopic (exact) mass is 317 g/mol. The van der Waals surface area contributed by atoms with Crippen LogP contribution in [0.5, 0.6) is 0 Å². The molecule has 0 radical (unpaired) electrons. The molecule has 0 aliphatic carbocycles. The third kappa shape index (κ3) is 4.87. The summed E-state index contributed by atoms with van der Waals surface area (Å²) in [5, 5.41) is 0. The molecule has 1 aromatic heterocycles. The lowest BCUT2D eigenvalue weighted by Crippen LogP contribution is -2.25. The Hall–Kier alpha value is -1.87. The SMILES string of the molecule is CCOC(=O)CCCNS(=O)(=O)c1cc(C(N)=O)n(C)c1. The standard InChI is InChI=1S/C12H19N3O5S/c1-3-20-11(16)5-4-6-14-21(18,19)9-7-10(12(13)17)15(2)8-9/h7-8,14H,3-6H2,1-2H3,(H2,13,17). The first-order valence-corrected chi connectivity index (χ1v) is 7.87. The Bertz CT molecular complexity index is 621. The molecule has 0 saturated carbocycles. The van der Waals surface area contributed by atoms with Gasteiger partial charge < -0.3 is 15.0 Å². The summed E-state index contributed by atoms with van der Waals surface area (Å²) >= 11 is 0. The molecular formula is C12H19N3O5S. The Balaban J connectivity index is 2.60. The van der Waals surface area contributed by atoms with E-state index in [2.05, 4.69) is 4.72 Å². The first-order chi connectivity index (χ1) is 9.77. The number of nitrogens with two attached hydrogens (primary N) is 1. The van der Waals surface area contributed by atoms with E-state index < -0.39 is 15.9 Å². The minimum absolute atomic E-state index is 0.0464. The number of aryl methyl sites for hydroxylation is 1. The summed E-state index contributed by atoms with van der Waals surface area (Å²) in [6.45, 7) is 2.10. The molecule has 0 unspecified atom stereocenters. The van der Waals surface area contributed by atoms with Crippen molar-refractivity contribution in [3.05, 3.63) is 18.0 Å². The molecule has 0 aliphatic heterocycles. The number of primary amides is 1. The maximum absolute atomic E-state index is 12.0. The number of nitrogens with one attached hydrogen (secondary N) is 1. The van der Waals surface area contributed by atoms with E-state index in [1.54, 1.807) is 6.92 Å². The van der Waals surface area contributed by atoms with Gasteiger partial charge in [0.2, 0.25) is 10.0 Å². The molecule has 1 heterocycles. The van der Waals surface area contributed by atoms with Gasteiger partial charge in [0.05, 0.1) is 6.61 Å². The molecule has 0 spiro atoms. The maximum atomic E-state index is 12.0. The van der Waals surface area contributed by atoms with E-state index in [0.29, 0.717) is 13.0 Å². The van der Waals surface area contributed by atoms with Crippen LogP contribution < -0.4 is 10.5 Å². The van der Waals surface area contributed by atoms with Gasteiger partial charge in [0.15, 0.2) is 0 Å². The average molecular weight is 317 g/mol. The van der Waals surface area contributed by atoms with Gasteiger partial charge in [0, 0.05) is 26.2 Å². The summed E-state index contributed by atoms with van der Waals surface area (Å²) in [5.74, 6) is -1.08. The minimum Gasteiger partial charge on any atom is -0.466 e. The summed E-state index contributed by atoms with van der Waals surface area (Å²) in [6, 6.07) is 1.20. The molecule has 3 N–H and O–H groups in total. The predicted molar refractivity (Wildman–Crippen MR) is 75.0 cm³/mol. The van der Waals surface area contributed by atoms with Crippen LogP contribution in [0.4, 0.5) is 0 Å². The molecule has 8 nitrogen and oxygen atoms in total. The molecule has 1 amide bonds. The highest BCUT2D eigenvalue weighted by Gasteiger charge is 2.19. The largest absolute Gasteiger partial charge is 0.466 e. The normalized spacial score (nSPS) is 11.3. The van der Waals surface area contributed by atoms with E-state index in [1.165, 1.54) is 23.9 Å². The van der Waals surface area contributed by atoms with Crippen molar-refractivity contribution >= 4 is 21.9 Å². The number of esters is 1. The molecule has 21 heavy (non-hydrogen) atoms. The summed E-state index contributed by atoms with van der Waals surface area (Å²) in [6.07, 6.45) is 1.76. The Morgan fingerprint density at radius 3 is 2.62 bits per heavy atom. The molecule has 0 fully saturated rings. The van der Waals surface area contributed by atoms with Crippen LogP contribution >= 0.6 is 0 Å². The molecule has 0 aliphatic rings. The Morgan fingerprint density at radius 1 is 1.43 bits per heavy atom. The number of rotatable bonds is 8. The third-order valence-electron chi connectivity index (χ3n) is 2.70. The van der Waals surface area contributed by atoms with Crippen molar-refractivity contribution in [1.29, 1.82) is 0 Å². The number of sulfonamides is 1. The van der Waals surface area contributed by atoms with Gasteiger partial charge in [-0.3, -0.25) is 9.59 Å². The van der Waals surface area contributed by atoms with Crippen LogP contribution in [-0.4, -0.2) is 38.0 Å². The Labute approximate surface area is 123 Å². The number of amides is 1. The lowest BCUT2D eigenvalue weighted by Gasteiger charge is -2.04. The number of hydrogen-bond donors (Lipinski definition) is 2. The van der Waals surface area contributed by atoms with Gasteiger partial charge >= 0.3 is 5.97 Å². The first-order valence-electron chi connectivity index (χ1n) is 6.39. The molecule has 9 heteroatoms. The van der Waals surface area contributed by atoms with Crippen molar-refractivity contribution in [3.8, 4) is 0 Å². The number of carbonyl (C=O) groups excluding carboxylic acids is 2. The van der Waals surface area contributed by atoms with Crippen molar-refractivity contribution in [2.45, 2.75) is 24.7 Å². The molecule has 0 atom stereocenters. The molecule has 1 aromatic rings. The zero-order valence-electron chi connectivity index (χ0n) is 12.0. The number of nitrogens with zero attached hydrogens (tertiary/aromatic N) is 1. The molecule has 1 rings (SSSR count). The van der Waals surface area contributed by atoms with Crippen LogP contribution in [0.3, 0.4) is 0 Å². The molecule has 118 valence electrons. The van der Waals surface area contributed by atoms with Crippen LogP contribution in [0.1, 0.15) is 30.3 Å². The predicted octanol–water partition coefficient (Wildman–Crippen LogP) is -0.254. The van der Waals surface area contributed by atoms with Crippen molar-refractivity contribution in [2.75, 3.05) is 13.2 Å². The summed E-state index contributed by atoms with van der Waals surface area (Å²) in [7, 11) is -2.21. The highest BCUT2D eigenvalue weighted by molar-refractivity contribution is 7.89. The van der Waals surface area contributed by atoms with E-state index in [1.807, 2.05) is 0 Å². The van der Waals surface area contributed by atoms with Gasteiger partial charge in [0.25, 0.3) is 5.91 Å². The van der Waals surface area contributed by atoms with Gasteiger partial charge in [-0.2, -0.15) is 0 Å². The van der Waals surface area contributed by atoms with Crippen molar-refractivity contribution in [2.24, 2.45) is 12.8 Å². The van der Waals surface area contributed by atoms with Gasteiger partial charge in [0.1, 0.15) is 10.6 Å². The van der Waals surface area contributed by atoms with Crippen LogP contribution in [0, 0.1) is 0 Å². The summed E-state index contributed by atoms with van der Waals surface area (Å²) in [5.41, 5.74) is 5.23. The van der Waals surface area contributed by atoms with E-state index >= 15 is 0 Å². The summed E-state index contributed by atoms with van der Waals surface area (Å²) < 4.78 is 32.4. The second kappa shape index (κ2) is 7.23. The van der Waals surface area contributed by atoms with Crippen molar-refractivity contribution in [3.63, 3.8) is 0 Å². The molecule has 0 aromatic carbocycles. The second-order valence-electron chi connectivity index (χ2n) is 4.34. The number of aromatic nitrogens is 1. The van der Waals surface area contributed by atoms with Gasteiger partial charge in [-0.25, -0.2) is 13.1 Å². The fourth-order valence-electron chi connectivity index (χ4n) is 1.68. The van der Waals surface area contributed by atoms with Gasteiger partial charge in [-0.1, -0.05) is 0 Å². The highest BCUT2D eigenvalue weighted by Crippen LogP contribution is 2.13. The lowest BCUT2D eigenvalue weighted by atomic mass is 10.3. The molecule has 0 saturated heterocycles. The quantitative estimate of drug-likeness (QED) is 0.506. The van der Waals surface area contributed by atoms with E-state index in [4.69, 9.17) is 10.5 Å². The van der Waals surface area contributed by atoms with E-state index in [-0.39, 0.29) is 29.5 Å². The zero-order valence-corrected chi connectivity index (χ0v) is 12.8. The van der Waals surface area contributed by atoms with Crippen molar-refractivity contribution in [1.82, 2.24) is 9.29 Å². The third-order valence-corrected chi connectivity index (χ3v) is 4.13. The topological polar surface area (TPSA) is 120 Å². The Kier molecular flexibility index (Phi) is 5.91. The van der Waals surface area contributed by atoms with Crippen LogP contribution in [0.15, 0.2) is 17.2 Å². The number of carbonyl (C=O) groups is 2. The van der Waals surface area contributed by atoms with Crippen LogP contribution in [-0.2, 0) is 26.6 Å². The van der Waals surface area contributed by atoms with Crippen LogP contribution in [0.2, 0.25) is 0 Å². The second-order valence-corrected chi connectivity index (χ2v) is 6.11. The van der Waals surface area contributed by atoms with Gasteiger partial charge in [-0.05, 0) is 19.4 Å². The number of hydrogen-bond acceptors (Lipinski definition) is 5. The molecular weight excluding hydrogens is 298 g/mol. The first kappa shape index (κ1) is 17.2. The fraction of sp³-hybridized carbons (Fsp3) is 0.500. The Morgan fingerprint density at radius 2 is 2.10 bits per heavy atom. The van der Waals surface area contributed by atoms with Crippen LogP contribution in [0.25, 0.3) is 0 Å². The molecule has 0 bridgehead atoms.